The van der Waals surface area contributed by atoms with Gasteiger partial charge in [0.1, 0.15) is 0 Å². The summed E-state index contributed by atoms with van der Waals surface area (Å²) in [5, 5.41) is 10.8. The SMILES string of the molecule is CN(C)C1(CNC(=O)O)CC1. The Hall–Kier alpha value is -0.770. The minimum Gasteiger partial charge on any atom is -0.465 e. The number of nitrogens with zero attached hydrogens (tertiary/aromatic N) is 1. The van der Waals surface area contributed by atoms with Gasteiger partial charge in [-0.3, -0.25) is 0 Å². The van der Waals surface area contributed by atoms with E-state index < -0.39 is 6.09 Å². The molecule has 1 aliphatic rings. The van der Waals surface area contributed by atoms with E-state index in [9.17, 15) is 4.79 Å². The van der Waals surface area contributed by atoms with Crippen LogP contribution < -0.4 is 5.32 Å². The molecule has 4 heteroatoms. The van der Waals surface area contributed by atoms with Gasteiger partial charge >= 0.3 is 6.09 Å². The molecule has 1 fully saturated rings. The predicted octanol–water partition coefficient (Wildman–Crippen LogP) is 0.348. The fourth-order valence-corrected chi connectivity index (χ4v) is 1.17. The highest BCUT2D eigenvalue weighted by molar-refractivity contribution is 5.64. The third kappa shape index (κ3) is 1.83. The van der Waals surface area contributed by atoms with Crippen LogP contribution in [0.5, 0.6) is 0 Å². The molecule has 1 amide bonds. The molecule has 0 radical (unpaired) electrons. The summed E-state index contributed by atoms with van der Waals surface area (Å²) in [7, 11) is 3.97. The summed E-state index contributed by atoms with van der Waals surface area (Å²) in [5.74, 6) is 0. The molecule has 0 aromatic carbocycles. The zero-order valence-electron chi connectivity index (χ0n) is 6.92. The predicted molar refractivity (Wildman–Crippen MR) is 41.7 cm³/mol. The van der Waals surface area contributed by atoms with Gasteiger partial charge in [0, 0.05) is 12.1 Å². The Bertz CT molecular complexity index is 164. The molecule has 64 valence electrons. The number of carboxylic acid groups (broad SMARTS) is 1. The van der Waals surface area contributed by atoms with Gasteiger partial charge in [0.15, 0.2) is 0 Å². The number of rotatable bonds is 3. The van der Waals surface area contributed by atoms with Crippen molar-refractivity contribution in [2.75, 3.05) is 20.6 Å². The minimum absolute atomic E-state index is 0.123. The monoisotopic (exact) mass is 158 g/mol. The van der Waals surface area contributed by atoms with Crippen molar-refractivity contribution in [3.63, 3.8) is 0 Å². The molecule has 1 saturated carbocycles. The van der Waals surface area contributed by atoms with Crippen LogP contribution in [0.2, 0.25) is 0 Å². The van der Waals surface area contributed by atoms with Gasteiger partial charge in [-0.2, -0.15) is 0 Å². The standard InChI is InChI=1S/C7H14N2O2/c1-9(2)7(3-4-7)5-8-6(10)11/h8H,3-5H2,1-2H3,(H,10,11). The second-order valence-corrected chi connectivity index (χ2v) is 3.28. The third-order valence-corrected chi connectivity index (χ3v) is 2.34. The van der Waals surface area contributed by atoms with Crippen LogP contribution in [-0.2, 0) is 0 Å². The van der Waals surface area contributed by atoms with Gasteiger partial charge in [0.25, 0.3) is 0 Å². The maximum absolute atomic E-state index is 10.2. The quantitative estimate of drug-likeness (QED) is 0.623. The average Bonchev–Trinajstić information content (AvgIpc) is 2.63. The molecule has 0 heterocycles. The molecule has 0 spiro atoms. The highest BCUT2D eigenvalue weighted by atomic mass is 16.4. The summed E-state index contributed by atoms with van der Waals surface area (Å²) in [6.07, 6.45) is 1.26. The first kappa shape index (κ1) is 8.33. The van der Waals surface area contributed by atoms with Crippen molar-refractivity contribution in [2.45, 2.75) is 18.4 Å². The van der Waals surface area contributed by atoms with Gasteiger partial charge in [0.05, 0.1) is 0 Å². The lowest BCUT2D eigenvalue weighted by Crippen LogP contribution is -2.41. The molecular formula is C7H14N2O2. The van der Waals surface area contributed by atoms with Crippen molar-refractivity contribution >= 4 is 6.09 Å². The Kier molecular flexibility index (Phi) is 2.04. The van der Waals surface area contributed by atoms with Gasteiger partial charge < -0.3 is 15.3 Å². The lowest BCUT2D eigenvalue weighted by atomic mass is 10.2. The van der Waals surface area contributed by atoms with Gasteiger partial charge in [-0.15, -0.1) is 0 Å². The smallest absolute Gasteiger partial charge is 0.404 e. The number of likely N-dealkylation sites (N-methyl/N-ethyl adjacent to an activating group) is 1. The molecular weight excluding hydrogens is 144 g/mol. The molecule has 11 heavy (non-hydrogen) atoms. The molecule has 0 aliphatic heterocycles. The lowest BCUT2D eigenvalue weighted by molar-refractivity contribution is 0.186. The van der Waals surface area contributed by atoms with E-state index in [4.69, 9.17) is 5.11 Å². The summed E-state index contributed by atoms with van der Waals surface area (Å²) in [4.78, 5) is 12.3. The van der Waals surface area contributed by atoms with Crippen LogP contribution >= 0.6 is 0 Å². The first-order valence-electron chi connectivity index (χ1n) is 3.71. The zero-order valence-corrected chi connectivity index (χ0v) is 6.92. The number of amides is 1. The zero-order chi connectivity index (χ0) is 8.48. The summed E-state index contributed by atoms with van der Waals surface area (Å²) < 4.78 is 0. The van der Waals surface area contributed by atoms with Crippen LogP contribution in [0.1, 0.15) is 12.8 Å². The molecule has 0 saturated heterocycles. The fourth-order valence-electron chi connectivity index (χ4n) is 1.17. The first-order chi connectivity index (χ1) is 5.07. The maximum Gasteiger partial charge on any atom is 0.404 e. The minimum atomic E-state index is -0.932. The van der Waals surface area contributed by atoms with Crippen molar-refractivity contribution in [1.29, 1.82) is 0 Å². The first-order valence-corrected chi connectivity index (χ1v) is 3.71. The molecule has 4 nitrogen and oxygen atoms in total. The molecule has 1 rings (SSSR count). The molecule has 2 N–H and O–H groups in total. The Morgan fingerprint density at radius 1 is 1.64 bits per heavy atom. The summed E-state index contributed by atoms with van der Waals surface area (Å²) in [6.45, 7) is 0.551. The second kappa shape index (κ2) is 2.70. The molecule has 0 bridgehead atoms. The molecule has 1 aliphatic carbocycles. The van der Waals surface area contributed by atoms with E-state index in [1.165, 1.54) is 0 Å². The largest absolute Gasteiger partial charge is 0.465 e. The topological polar surface area (TPSA) is 52.6 Å². The van der Waals surface area contributed by atoms with E-state index in [1.807, 2.05) is 14.1 Å². The average molecular weight is 158 g/mol. The Labute approximate surface area is 66.2 Å². The van der Waals surface area contributed by atoms with Gasteiger partial charge in [-0.05, 0) is 26.9 Å². The summed E-state index contributed by atoms with van der Waals surface area (Å²) >= 11 is 0. The number of hydrogen-bond donors (Lipinski definition) is 2. The van der Waals surface area contributed by atoms with Crippen LogP contribution in [-0.4, -0.2) is 42.3 Å². The van der Waals surface area contributed by atoms with Crippen molar-refractivity contribution in [1.82, 2.24) is 10.2 Å². The van der Waals surface area contributed by atoms with Crippen molar-refractivity contribution < 1.29 is 9.90 Å². The number of carbonyl (C=O) groups is 1. The molecule has 0 atom stereocenters. The van der Waals surface area contributed by atoms with Crippen LogP contribution in [0.3, 0.4) is 0 Å². The summed E-state index contributed by atoms with van der Waals surface area (Å²) in [5.41, 5.74) is 0.123. The van der Waals surface area contributed by atoms with Crippen LogP contribution in [0, 0.1) is 0 Å². The fraction of sp³-hybridized carbons (Fsp3) is 0.857. The third-order valence-electron chi connectivity index (χ3n) is 2.34. The maximum atomic E-state index is 10.2. The normalized spacial score (nSPS) is 19.9. The Morgan fingerprint density at radius 3 is 2.45 bits per heavy atom. The van der Waals surface area contributed by atoms with Gasteiger partial charge in [-0.25, -0.2) is 4.79 Å². The van der Waals surface area contributed by atoms with Crippen molar-refractivity contribution in [3.05, 3.63) is 0 Å². The molecule has 0 aromatic rings. The van der Waals surface area contributed by atoms with E-state index in [1.54, 1.807) is 0 Å². The highest BCUT2D eigenvalue weighted by Gasteiger charge is 2.44. The van der Waals surface area contributed by atoms with E-state index >= 15 is 0 Å². The van der Waals surface area contributed by atoms with Gasteiger partial charge in [-0.1, -0.05) is 0 Å². The highest BCUT2D eigenvalue weighted by Crippen LogP contribution is 2.39. The van der Waals surface area contributed by atoms with Crippen molar-refractivity contribution in [3.8, 4) is 0 Å². The lowest BCUT2D eigenvalue weighted by Gasteiger charge is -2.22. The molecule has 0 aromatic heterocycles. The number of hydrogen-bond acceptors (Lipinski definition) is 2. The number of nitrogens with one attached hydrogen (secondary N) is 1. The van der Waals surface area contributed by atoms with Crippen LogP contribution in [0.25, 0.3) is 0 Å². The Morgan fingerprint density at radius 2 is 2.18 bits per heavy atom. The van der Waals surface area contributed by atoms with E-state index in [2.05, 4.69) is 10.2 Å². The Balaban J connectivity index is 2.30. The summed E-state index contributed by atoms with van der Waals surface area (Å²) in [6, 6.07) is 0. The second-order valence-electron chi connectivity index (χ2n) is 3.28. The molecule has 0 unspecified atom stereocenters. The van der Waals surface area contributed by atoms with Crippen LogP contribution in [0.15, 0.2) is 0 Å². The van der Waals surface area contributed by atoms with E-state index in [0.717, 1.165) is 12.8 Å². The van der Waals surface area contributed by atoms with Crippen LogP contribution in [0.4, 0.5) is 4.79 Å². The van der Waals surface area contributed by atoms with Crippen molar-refractivity contribution in [2.24, 2.45) is 0 Å². The van der Waals surface area contributed by atoms with Gasteiger partial charge in [0.2, 0.25) is 0 Å². The van der Waals surface area contributed by atoms with E-state index in [-0.39, 0.29) is 5.54 Å². The van der Waals surface area contributed by atoms with E-state index in [0.29, 0.717) is 6.54 Å².